The lowest BCUT2D eigenvalue weighted by molar-refractivity contribution is 0.0725. The van der Waals surface area contributed by atoms with Crippen LogP contribution >= 0.6 is 23.4 Å². The summed E-state index contributed by atoms with van der Waals surface area (Å²) in [5.74, 6) is 0.270. The van der Waals surface area contributed by atoms with Crippen LogP contribution in [-0.2, 0) is 0 Å². The van der Waals surface area contributed by atoms with Crippen molar-refractivity contribution in [2.45, 2.75) is 12.5 Å². The molecule has 2 rings (SSSR count). The first-order valence-corrected chi connectivity index (χ1v) is 8.49. The van der Waals surface area contributed by atoms with Crippen molar-refractivity contribution in [2.75, 3.05) is 18.6 Å². The lowest BCUT2D eigenvalue weighted by Gasteiger charge is -2.22. The van der Waals surface area contributed by atoms with Gasteiger partial charge in [-0.2, -0.15) is 16.9 Å². The van der Waals surface area contributed by atoms with Crippen LogP contribution in [-0.4, -0.2) is 44.9 Å². The zero-order chi connectivity index (χ0) is 16.2. The number of hydrogen-bond donors (Lipinski definition) is 2. The smallest absolute Gasteiger partial charge is 0.254 e. The summed E-state index contributed by atoms with van der Waals surface area (Å²) in [6.07, 6.45) is 4.99. The number of hydrogen-bond acceptors (Lipinski definition) is 4. The first kappa shape index (κ1) is 16.9. The Morgan fingerprint density at radius 3 is 2.91 bits per heavy atom. The molecule has 0 aliphatic carbocycles. The number of nitrogens with zero attached hydrogens (tertiary/aromatic N) is 2. The van der Waals surface area contributed by atoms with E-state index in [9.17, 15) is 9.90 Å². The Hall–Kier alpha value is -1.50. The number of nitrogens with one attached hydrogen (secondary N) is 1. The summed E-state index contributed by atoms with van der Waals surface area (Å²) in [5.41, 5.74) is 0.186. The Morgan fingerprint density at radius 1 is 1.50 bits per heavy atom. The minimum atomic E-state index is -0.937. The van der Waals surface area contributed by atoms with E-state index in [2.05, 4.69) is 10.4 Å². The fourth-order valence-corrected chi connectivity index (χ4v) is 2.89. The van der Waals surface area contributed by atoms with Crippen LogP contribution in [0.2, 0.25) is 5.02 Å². The normalized spacial score (nSPS) is 13.6. The van der Waals surface area contributed by atoms with E-state index in [0.717, 1.165) is 0 Å². The van der Waals surface area contributed by atoms with Gasteiger partial charge in [0.1, 0.15) is 0 Å². The van der Waals surface area contributed by atoms with Crippen molar-refractivity contribution >= 4 is 29.3 Å². The van der Waals surface area contributed by atoms with Crippen molar-refractivity contribution in [3.63, 3.8) is 0 Å². The maximum absolute atomic E-state index is 12.1. The highest BCUT2D eigenvalue weighted by atomic mass is 35.5. The molecule has 1 atom stereocenters. The number of rotatable bonds is 6. The number of para-hydroxylation sites is 1. The number of aromatic nitrogens is 2. The molecule has 0 saturated heterocycles. The standard InChI is InChI=1S/C15H18ClN3O2S/c1-15(21,10-22-2)9-17-14(20)11-7-18-19(8-11)13-6-4-3-5-12(13)16/h3-8,21H,9-10H2,1-2H3,(H,17,20). The predicted molar refractivity (Wildman–Crippen MR) is 89.9 cm³/mol. The van der Waals surface area contributed by atoms with Crippen molar-refractivity contribution in [2.24, 2.45) is 0 Å². The second-order valence-corrected chi connectivity index (χ2v) is 6.51. The quantitative estimate of drug-likeness (QED) is 0.848. The molecule has 1 aromatic heterocycles. The van der Waals surface area contributed by atoms with Gasteiger partial charge in [0.2, 0.25) is 0 Å². The molecule has 2 N–H and O–H groups in total. The van der Waals surface area contributed by atoms with Crippen LogP contribution in [0.1, 0.15) is 17.3 Å². The minimum absolute atomic E-state index is 0.184. The van der Waals surface area contributed by atoms with Crippen LogP contribution in [0.3, 0.4) is 0 Å². The maximum Gasteiger partial charge on any atom is 0.254 e. The largest absolute Gasteiger partial charge is 0.387 e. The second kappa shape index (κ2) is 7.17. The molecule has 118 valence electrons. The van der Waals surface area contributed by atoms with Gasteiger partial charge in [-0.05, 0) is 25.3 Å². The van der Waals surface area contributed by atoms with Gasteiger partial charge in [-0.1, -0.05) is 23.7 Å². The highest BCUT2D eigenvalue weighted by molar-refractivity contribution is 7.98. The van der Waals surface area contributed by atoms with Crippen LogP contribution in [0.25, 0.3) is 5.69 Å². The van der Waals surface area contributed by atoms with Crippen molar-refractivity contribution in [1.29, 1.82) is 0 Å². The summed E-state index contributed by atoms with van der Waals surface area (Å²) >= 11 is 7.63. The fraction of sp³-hybridized carbons (Fsp3) is 0.333. The van der Waals surface area contributed by atoms with E-state index >= 15 is 0 Å². The van der Waals surface area contributed by atoms with Gasteiger partial charge in [0.15, 0.2) is 0 Å². The van der Waals surface area contributed by atoms with Gasteiger partial charge in [0.25, 0.3) is 5.91 Å². The molecule has 5 nitrogen and oxygen atoms in total. The number of aliphatic hydroxyl groups is 1. The monoisotopic (exact) mass is 339 g/mol. The molecule has 2 aromatic rings. The van der Waals surface area contributed by atoms with E-state index < -0.39 is 5.60 Å². The molecule has 1 aromatic carbocycles. The summed E-state index contributed by atoms with van der Waals surface area (Å²) in [5, 5.41) is 17.5. The lowest BCUT2D eigenvalue weighted by atomic mass is 10.1. The van der Waals surface area contributed by atoms with Crippen LogP contribution in [0, 0.1) is 0 Å². The third-order valence-electron chi connectivity index (χ3n) is 3.03. The number of halogens is 1. The number of carbonyl (C=O) groups excluding carboxylic acids is 1. The molecule has 0 fully saturated rings. The predicted octanol–water partition coefficient (Wildman–Crippen LogP) is 2.37. The van der Waals surface area contributed by atoms with Gasteiger partial charge >= 0.3 is 0 Å². The Morgan fingerprint density at radius 2 is 2.23 bits per heavy atom. The van der Waals surface area contributed by atoms with Gasteiger partial charge in [0.05, 0.1) is 28.1 Å². The van der Waals surface area contributed by atoms with Gasteiger partial charge < -0.3 is 10.4 Å². The van der Waals surface area contributed by atoms with E-state index in [4.69, 9.17) is 11.6 Å². The Bertz CT molecular complexity index is 658. The van der Waals surface area contributed by atoms with E-state index in [0.29, 0.717) is 22.0 Å². The molecular formula is C15H18ClN3O2S. The SMILES string of the molecule is CSCC(C)(O)CNC(=O)c1cnn(-c2ccccc2Cl)c1. The zero-order valence-electron chi connectivity index (χ0n) is 12.4. The molecular weight excluding hydrogens is 322 g/mol. The Labute approximate surface area is 138 Å². The average Bonchev–Trinajstić information content (AvgIpc) is 2.95. The Kier molecular flexibility index (Phi) is 5.50. The highest BCUT2D eigenvalue weighted by Gasteiger charge is 2.21. The van der Waals surface area contributed by atoms with E-state index in [1.165, 1.54) is 18.0 Å². The number of amides is 1. The summed E-state index contributed by atoms with van der Waals surface area (Å²) in [4.78, 5) is 12.1. The molecule has 22 heavy (non-hydrogen) atoms. The number of benzene rings is 1. The molecule has 0 aliphatic heterocycles. The van der Waals surface area contributed by atoms with Gasteiger partial charge in [-0.3, -0.25) is 4.79 Å². The highest BCUT2D eigenvalue weighted by Crippen LogP contribution is 2.19. The molecule has 0 saturated carbocycles. The number of carbonyl (C=O) groups is 1. The van der Waals surface area contributed by atoms with Gasteiger partial charge in [-0.15, -0.1) is 0 Å². The summed E-state index contributed by atoms with van der Waals surface area (Å²) in [6.45, 7) is 1.88. The summed E-state index contributed by atoms with van der Waals surface area (Å²) in [6, 6.07) is 7.26. The third-order valence-corrected chi connectivity index (χ3v) is 4.26. The molecule has 0 spiro atoms. The molecule has 0 radical (unpaired) electrons. The first-order valence-electron chi connectivity index (χ1n) is 6.72. The van der Waals surface area contributed by atoms with E-state index in [-0.39, 0.29) is 12.5 Å². The van der Waals surface area contributed by atoms with Crippen molar-refractivity contribution < 1.29 is 9.90 Å². The van der Waals surface area contributed by atoms with Crippen LogP contribution < -0.4 is 5.32 Å². The Balaban J connectivity index is 2.05. The zero-order valence-corrected chi connectivity index (χ0v) is 14.0. The number of thioether (sulfide) groups is 1. The topological polar surface area (TPSA) is 67.2 Å². The van der Waals surface area contributed by atoms with Crippen molar-refractivity contribution in [3.05, 3.63) is 47.2 Å². The lowest BCUT2D eigenvalue weighted by Crippen LogP contribution is -2.42. The first-order chi connectivity index (χ1) is 10.4. The third kappa shape index (κ3) is 4.25. The summed E-state index contributed by atoms with van der Waals surface area (Å²) in [7, 11) is 0. The van der Waals surface area contributed by atoms with E-state index in [1.807, 2.05) is 24.5 Å². The fourth-order valence-electron chi connectivity index (χ4n) is 1.94. The molecule has 0 aliphatic rings. The van der Waals surface area contributed by atoms with Crippen molar-refractivity contribution in [1.82, 2.24) is 15.1 Å². The minimum Gasteiger partial charge on any atom is -0.387 e. The molecule has 1 unspecified atom stereocenters. The van der Waals surface area contributed by atoms with Crippen molar-refractivity contribution in [3.8, 4) is 5.69 Å². The maximum atomic E-state index is 12.1. The summed E-state index contributed by atoms with van der Waals surface area (Å²) < 4.78 is 1.55. The van der Waals surface area contributed by atoms with Crippen LogP contribution in [0.4, 0.5) is 0 Å². The molecule has 7 heteroatoms. The average molecular weight is 340 g/mol. The van der Waals surface area contributed by atoms with Gasteiger partial charge in [-0.25, -0.2) is 4.68 Å². The molecule has 1 amide bonds. The molecule has 1 heterocycles. The molecule has 0 bridgehead atoms. The van der Waals surface area contributed by atoms with E-state index in [1.54, 1.807) is 23.9 Å². The van der Waals surface area contributed by atoms with Gasteiger partial charge in [0, 0.05) is 18.5 Å². The van der Waals surface area contributed by atoms with Crippen LogP contribution in [0.5, 0.6) is 0 Å². The van der Waals surface area contributed by atoms with Crippen LogP contribution in [0.15, 0.2) is 36.7 Å². The second-order valence-electron chi connectivity index (χ2n) is 5.24.